The van der Waals surface area contributed by atoms with Gasteiger partial charge in [0.2, 0.25) is 5.91 Å². The van der Waals surface area contributed by atoms with Gasteiger partial charge < -0.3 is 9.84 Å². The van der Waals surface area contributed by atoms with E-state index < -0.39 is 29.9 Å². The second kappa shape index (κ2) is 8.67. The Bertz CT molecular complexity index is 1300. The topological polar surface area (TPSA) is 79.3 Å². The molecule has 7 nitrogen and oxygen atoms in total. The Morgan fingerprint density at radius 1 is 0.882 bits per heavy atom. The highest BCUT2D eigenvalue weighted by atomic mass is 35.5. The van der Waals surface area contributed by atoms with Crippen LogP contribution < -0.4 is 14.7 Å². The van der Waals surface area contributed by atoms with Gasteiger partial charge in [0.15, 0.2) is 17.6 Å². The lowest BCUT2D eigenvalue weighted by atomic mass is 9.90. The number of aromatic hydroxyl groups is 1. The third kappa shape index (κ3) is 3.65. The summed E-state index contributed by atoms with van der Waals surface area (Å²) in [5.74, 6) is -1.64. The van der Waals surface area contributed by atoms with Crippen LogP contribution in [0.5, 0.6) is 11.5 Å². The molecule has 3 aromatic rings. The van der Waals surface area contributed by atoms with Crippen molar-refractivity contribution in [3.8, 4) is 11.5 Å². The fraction of sp³-hybridized carbons (Fsp3) is 0.167. The number of imide groups is 1. The van der Waals surface area contributed by atoms with E-state index in [1.165, 1.54) is 30.4 Å². The zero-order valence-electron chi connectivity index (χ0n) is 17.6. The van der Waals surface area contributed by atoms with Gasteiger partial charge in [0.25, 0.3) is 5.91 Å². The number of halogens is 3. The molecule has 3 aromatic carbocycles. The number of carbonyl (C=O) groups excluding carboxylic acids is 2. The predicted octanol–water partition coefficient (Wildman–Crippen LogP) is 5.41. The van der Waals surface area contributed by atoms with Crippen LogP contribution in [0.1, 0.15) is 11.6 Å². The van der Waals surface area contributed by atoms with Crippen molar-refractivity contribution in [3.05, 3.63) is 81.3 Å². The first kappa shape index (κ1) is 22.8. The number of hydrogen-bond donors (Lipinski definition) is 1. The molecular weight excluding hydrogens is 503 g/mol. The van der Waals surface area contributed by atoms with Crippen LogP contribution in [0.25, 0.3) is 0 Å². The van der Waals surface area contributed by atoms with Crippen LogP contribution in [0.15, 0.2) is 60.7 Å². The fourth-order valence-electron chi connectivity index (χ4n) is 4.32. The van der Waals surface area contributed by atoms with E-state index >= 15 is 0 Å². The number of phenolic OH excluding ortho intramolecular Hbond substituents is 1. The van der Waals surface area contributed by atoms with E-state index in [9.17, 15) is 14.7 Å². The molecule has 10 heteroatoms. The van der Waals surface area contributed by atoms with Crippen LogP contribution in [-0.2, 0) is 14.4 Å². The maximum absolute atomic E-state index is 13.7. The number of hydrogen-bond acceptors (Lipinski definition) is 6. The van der Waals surface area contributed by atoms with Crippen LogP contribution in [0.4, 0.5) is 11.4 Å². The van der Waals surface area contributed by atoms with E-state index in [-0.39, 0.29) is 16.5 Å². The highest BCUT2D eigenvalue weighted by molar-refractivity contribution is 6.42. The molecule has 1 N–H and O–H groups in total. The highest BCUT2D eigenvalue weighted by Gasteiger charge is 2.60. The Balaban J connectivity index is 1.60. The molecule has 2 aliphatic rings. The summed E-state index contributed by atoms with van der Waals surface area (Å²) in [4.78, 5) is 34.2. The fourth-order valence-corrected chi connectivity index (χ4v) is 4.74. The Kier molecular flexibility index (Phi) is 5.81. The summed E-state index contributed by atoms with van der Waals surface area (Å²) in [6.45, 7) is 0. The molecular formula is C24H17Cl3N2O5. The zero-order chi connectivity index (χ0) is 24.1. The number of methoxy groups -OCH3 is 1. The maximum atomic E-state index is 13.7. The van der Waals surface area contributed by atoms with E-state index in [4.69, 9.17) is 44.4 Å². The Morgan fingerprint density at radius 3 is 2.26 bits per heavy atom. The van der Waals surface area contributed by atoms with Gasteiger partial charge in [-0.05, 0) is 60.2 Å². The quantitative estimate of drug-likeness (QED) is 0.464. The monoisotopic (exact) mass is 518 g/mol. The minimum Gasteiger partial charge on any atom is -0.504 e. The van der Waals surface area contributed by atoms with Crippen molar-refractivity contribution in [3.63, 3.8) is 0 Å². The highest BCUT2D eigenvalue weighted by Crippen LogP contribution is 2.49. The molecule has 0 unspecified atom stereocenters. The maximum Gasteiger partial charge on any atom is 0.266 e. The molecule has 0 bridgehead atoms. The lowest BCUT2D eigenvalue weighted by Gasteiger charge is -2.29. The number of amides is 2. The standard InChI is InChI=1S/C24H17Cl3N2O5/c1-33-19-10-12(2-9-18(19)30)21-20-22(34-29(21)14-5-3-13(25)4-6-14)24(32)28(23(20)31)15-7-8-16(26)17(27)11-15/h2-11,20-22,30H,1H3/t20-,21+,22+/m0/s1. The third-order valence-electron chi connectivity index (χ3n) is 5.90. The first-order valence-electron chi connectivity index (χ1n) is 10.2. The number of carbonyl (C=O) groups is 2. The number of phenols is 1. The van der Waals surface area contributed by atoms with Gasteiger partial charge in [-0.2, -0.15) is 0 Å². The van der Waals surface area contributed by atoms with Crippen LogP contribution in [-0.4, -0.2) is 30.1 Å². The molecule has 34 heavy (non-hydrogen) atoms. The summed E-state index contributed by atoms with van der Waals surface area (Å²) in [5, 5.41) is 12.7. The zero-order valence-corrected chi connectivity index (χ0v) is 19.9. The summed E-state index contributed by atoms with van der Waals surface area (Å²) in [5.41, 5.74) is 1.54. The second-order valence-electron chi connectivity index (χ2n) is 7.84. The number of ether oxygens (including phenoxy) is 1. The van der Waals surface area contributed by atoms with Crippen molar-refractivity contribution >= 4 is 58.0 Å². The lowest BCUT2D eigenvalue weighted by Crippen LogP contribution is -2.37. The minimum atomic E-state index is -1.07. The Hall–Kier alpha value is -2.97. The normalized spacial score (nSPS) is 21.8. The van der Waals surface area contributed by atoms with E-state index in [0.717, 1.165) is 4.90 Å². The van der Waals surface area contributed by atoms with Gasteiger partial charge in [0.1, 0.15) is 5.92 Å². The van der Waals surface area contributed by atoms with Crippen molar-refractivity contribution in [1.82, 2.24) is 0 Å². The predicted molar refractivity (Wildman–Crippen MR) is 129 cm³/mol. The first-order chi connectivity index (χ1) is 16.3. The van der Waals surface area contributed by atoms with Crippen molar-refractivity contribution in [1.29, 1.82) is 0 Å². The average molecular weight is 520 g/mol. The van der Waals surface area contributed by atoms with Gasteiger partial charge >= 0.3 is 0 Å². The van der Waals surface area contributed by atoms with E-state index in [0.29, 0.717) is 27.0 Å². The smallest absolute Gasteiger partial charge is 0.266 e. The van der Waals surface area contributed by atoms with Crippen molar-refractivity contribution in [2.24, 2.45) is 5.92 Å². The molecule has 0 saturated carbocycles. The van der Waals surface area contributed by atoms with Crippen molar-refractivity contribution in [2.45, 2.75) is 12.1 Å². The minimum absolute atomic E-state index is 0.0500. The number of nitrogens with zero attached hydrogens (tertiary/aromatic N) is 2. The molecule has 5 rings (SSSR count). The average Bonchev–Trinajstić information content (AvgIpc) is 3.33. The van der Waals surface area contributed by atoms with Gasteiger partial charge in [-0.15, -0.1) is 0 Å². The van der Waals surface area contributed by atoms with Gasteiger partial charge in [-0.3, -0.25) is 14.4 Å². The second-order valence-corrected chi connectivity index (χ2v) is 9.09. The Morgan fingerprint density at radius 2 is 1.59 bits per heavy atom. The SMILES string of the molecule is COc1cc([C@@H]2[C@@H]3C(=O)N(c4ccc(Cl)c(Cl)c4)C(=O)[C@@H]3ON2c2ccc(Cl)cc2)ccc1O. The van der Waals surface area contributed by atoms with E-state index in [2.05, 4.69) is 0 Å². The summed E-state index contributed by atoms with van der Waals surface area (Å²) >= 11 is 18.2. The number of rotatable bonds is 4. The molecule has 0 radical (unpaired) electrons. The molecule has 0 spiro atoms. The number of benzene rings is 3. The molecule has 2 amide bonds. The first-order valence-corrected chi connectivity index (χ1v) is 11.3. The van der Waals surface area contributed by atoms with Crippen molar-refractivity contribution < 1.29 is 24.3 Å². The molecule has 2 fully saturated rings. The Labute approximate surface area is 209 Å². The molecule has 3 atom stereocenters. The molecule has 0 aromatic heterocycles. The summed E-state index contributed by atoms with van der Waals surface area (Å²) in [6.07, 6.45) is -1.07. The lowest BCUT2D eigenvalue weighted by molar-refractivity contribution is -0.126. The van der Waals surface area contributed by atoms with Gasteiger partial charge in [-0.25, -0.2) is 9.96 Å². The molecule has 0 aliphatic carbocycles. The van der Waals surface area contributed by atoms with Crippen LogP contribution in [0.2, 0.25) is 15.1 Å². The van der Waals surface area contributed by atoms with Gasteiger partial charge in [0.05, 0.1) is 34.6 Å². The molecule has 2 aliphatic heterocycles. The molecule has 174 valence electrons. The molecule has 2 heterocycles. The van der Waals surface area contributed by atoms with Crippen LogP contribution >= 0.6 is 34.8 Å². The number of anilines is 2. The number of hydroxylamine groups is 1. The van der Waals surface area contributed by atoms with E-state index in [1.54, 1.807) is 42.5 Å². The molecule has 2 saturated heterocycles. The van der Waals surface area contributed by atoms with Gasteiger partial charge in [-0.1, -0.05) is 40.9 Å². The van der Waals surface area contributed by atoms with Crippen molar-refractivity contribution in [2.75, 3.05) is 17.1 Å². The third-order valence-corrected chi connectivity index (χ3v) is 6.89. The van der Waals surface area contributed by atoms with Crippen LogP contribution in [0, 0.1) is 5.92 Å². The van der Waals surface area contributed by atoms with E-state index in [1.807, 2.05) is 0 Å². The summed E-state index contributed by atoms with van der Waals surface area (Å²) < 4.78 is 5.26. The largest absolute Gasteiger partial charge is 0.504 e. The van der Waals surface area contributed by atoms with Gasteiger partial charge in [0, 0.05) is 5.02 Å². The van der Waals surface area contributed by atoms with Crippen LogP contribution in [0.3, 0.4) is 0 Å². The number of fused-ring (bicyclic) bond motifs is 1. The summed E-state index contributed by atoms with van der Waals surface area (Å²) in [6, 6.07) is 15.5. The summed E-state index contributed by atoms with van der Waals surface area (Å²) in [7, 11) is 1.43.